The van der Waals surface area contributed by atoms with E-state index in [1.54, 1.807) is 12.2 Å². The Balaban J connectivity index is 0.000000120. The zero-order valence-corrected chi connectivity index (χ0v) is 9.91. The minimum Gasteiger partial charge on any atom is -0.370 e. The van der Waals surface area contributed by atoms with Gasteiger partial charge in [-0.2, -0.15) is 0 Å². The van der Waals surface area contributed by atoms with Gasteiger partial charge in [0.25, 0.3) is 0 Å². The molecule has 4 nitrogen and oxygen atoms in total. The molecule has 2 aliphatic carbocycles. The van der Waals surface area contributed by atoms with Crippen LogP contribution < -0.4 is 10.6 Å². The van der Waals surface area contributed by atoms with Crippen molar-refractivity contribution in [2.45, 2.75) is 23.5 Å². The molecule has 0 amide bonds. The molecule has 4 N–H and O–H groups in total. The summed E-state index contributed by atoms with van der Waals surface area (Å²) in [6.45, 7) is 0. The molecular weight excluding hydrogens is 268 g/mol. The van der Waals surface area contributed by atoms with Crippen LogP contribution in [0.4, 0.5) is 0 Å². The number of hydrogen-bond acceptors (Lipinski definition) is 4. The van der Waals surface area contributed by atoms with E-state index in [-0.39, 0.29) is 29.2 Å². The van der Waals surface area contributed by atoms with Crippen molar-refractivity contribution in [2.24, 2.45) is 0 Å². The molecule has 95 valence electrons. The number of aliphatic hydroxyl groups is 2. The first-order valence-corrected chi connectivity index (χ1v) is 5.35. The van der Waals surface area contributed by atoms with Crippen LogP contribution >= 0.6 is 0 Å². The predicted octanol–water partition coefficient (Wildman–Crippen LogP) is -0.457. The first-order chi connectivity index (χ1) is 7.62. The van der Waals surface area contributed by atoms with E-state index in [1.165, 1.54) is 0 Å². The van der Waals surface area contributed by atoms with Crippen molar-refractivity contribution in [3.05, 3.63) is 48.6 Å². The van der Waals surface area contributed by atoms with E-state index in [0.717, 1.165) is 0 Å². The van der Waals surface area contributed by atoms with Gasteiger partial charge in [0.2, 0.25) is 0 Å². The summed E-state index contributed by atoms with van der Waals surface area (Å²) in [7, 11) is 0. The minimum atomic E-state index is -0.672. The molecule has 4 aliphatic rings. The van der Waals surface area contributed by atoms with Crippen LogP contribution in [0.3, 0.4) is 0 Å². The van der Waals surface area contributed by atoms with E-state index in [2.05, 4.69) is 10.6 Å². The topological polar surface area (TPSA) is 84.3 Å². The fraction of sp³-hybridized carbons (Fsp3) is 0.333. The predicted molar refractivity (Wildman–Crippen MR) is 60.3 cm³/mol. The second-order valence-corrected chi connectivity index (χ2v) is 4.38. The summed E-state index contributed by atoms with van der Waals surface area (Å²) in [4.78, 5) is 0. The van der Waals surface area contributed by atoms with Crippen molar-refractivity contribution in [2.75, 3.05) is 0 Å². The van der Waals surface area contributed by atoms with Crippen LogP contribution in [0.5, 0.6) is 0 Å². The third-order valence-corrected chi connectivity index (χ3v) is 3.09. The van der Waals surface area contributed by atoms with Crippen LogP contribution in [-0.2, 0) is 17.1 Å². The maximum absolute atomic E-state index is 9.20. The minimum absolute atomic E-state index is 0. The monoisotopic (exact) mass is 281 g/mol. The Kier molecular flexibility index (Phi) is 3.16. The first kappa shape index (κ1) is 12.8. The molecule has 4 atom stereocenters. The van der Waals surface area contributed by atoms with Gasteiger partial charge in [-0.15, -0.1) is 0 Å². The molecule has 0 saturated carbocycles. The molecule has 0 aromatic rings. The van der Waals surface area contributed by atoms with E-state index < -0.39 is 11.4 Å². The zero-order valence-electron chi connectivity index (χ0n) is 8.97. The SMILES string of the molecule is OC12C=CC=CC1N2.OC12C=CC=CC1N2.[Cu]. The molecule has 17 heavy (non-hydrogen) atoms. The molecule has 0 aromatic carbocycles. The molecule has 5 heteroatoms. The number of fused-ring (bicyclic) bond motifs is 2. The summed E-state index contributed by atoms with van der Waals surface area (Å²) < 4.78 is 0. The molecule has 0 bridgehead atoms. The maximum atomic E-state index is 9.20. The Bertz CT molecular complexity index is 392. The van der Waals surface area contributed by atoms with Gasteiger partial charge < -0.3 is 10.2 Å². The van der Waals surface area contributed by atoms with Crippen molar-refractivity contribution in [3.63, 3.8) is 0 Å². The average molecular weight is 282 g/mol. The Morgan fingerprint density at radius 3 is 1.41 bits per heavy atom. The smallest absolute Gasteiger partial charge is 0.155 e. The third kappa shape index (κ3) is 2.45. The van der Waals surface area contributed by atoms with E-state index in [4.69, 9.17) is 0 Å². The molecule has 4 unspecified atom stereocenters. The molecule has 2 heterocycles. The summed E-state index contributed by atoms with van der Waals surface area (Å²) in [6.07, 6.45) is 15.0. The van der Waals surface area contributed by atoms with Gasteiger partial charge in [0, 0.05) is 17.1 Å². The second-order valence-electron chi connectivity index (χ2n) is 4.38. The van der Waals surface area contributed by atoms with Gasteiger partial charge in [0.1, 0.15) is 0 Å². The zero-order chi connectivity index (χ0) is 11.2. The van der Waals surface area contributed by atoms with Gasteiger partial charge in [-0.25, -0.2) is 0 Å². The second kappa shape index (κ2) is 4.21. The number of hydrogen-bond donors (Lipinski definition) is 4. The summed E-state index contributed by atoms with van der Waals surface area (Å²) in [6, 6.07) is 0.375. The summed E-state index contributed by atoms with van der Waals surface area (Å²) in [5.74, 6) is 0. The summed E-state index contributed by atoms with van der Waals surface area (Å²) in [5.41, 5.74) is -1.34. The van der Waals surface area contributed by atoms with E-state index >= 15 is 0 Å². The van der Waals surface area contributed by atoms with E-state index in [1.807, 2.05) is 36.5 Å². The van der Waals surface area contributed by atoms with Gasteiger partial charge in [0.15, 0.2) is 11.4 Å². The summed E-state index contributed by atoms with van der Waals surface area (Å²) in [5, 5.41) is 24.2. The van der Waals surface area contributed by atoms with Crippen LogP contribution in [0, 0.1) is 0 Å². The Morgan fingerprint density at radius 2 is 1.18 bits per heavy atom. The van der Waals surface area contributed by atoms with Gasteiger partial charge in [-0.05, 0) is 12.2 Å². The largest absolute Gasteiger partial charge is 0.370 e. The average Bonchev–Trinajstić information content (AvgIpc) is 3.10. The van der Waals surface area contributed by atoms with Gasteiger partial charge in [0.05, 0.1) is 12.1 Å². The van der Waals surface area contributed by atoms with Gasteiger partial charge in [-0.3, -0.25) is 10.6 Å². The molecular formula is C12H14CuN2O2. The Morgan fingerprint density at radius 1 is 0.765 bits per heavy atom. The Hall–Kier alpha value is -0.681. The van der Waals surface area contributed by atoms with Crippen LogP contribution in [0.15, 0.2) is 48.6 Å². The molecule has 0 aromatic heterocycles. The maximum Gasteiger partial charge on any atom is 0.155 e. The molecule has 2 saturated heterocycles. The quantitative estimate of drug-likeness (QED) is 0.358. The Labute approximate surface area is 110 Å². The fourth-order valence-corrected chi connectivity index (χ4v) is 1.86. The third-order valence-electron chi connectivity index (χ3n) is 3.09. The number of nitrogens with one attached hydrogen (secondary N) is 2. The van der Waals surface area contributed by atoms with Crippen LogP contribution in [0.1, 0.15) is 0 Å². The van der Waals surface area contributed by atoms with Crippen molar-refractivity contribution in [1.29, 1.82) is 0 Å². The molecule has 2 fully saturated rings. The van der Waals surface area contributed by atoms with Gasteiger partial charge >= 0.3 is 0 Å². The molecule has 0 spiro atoms. The number of rotatable bonds is 0. The van der Waals surface area contributed by atoms with E-state index in [9.17, 15) is 10.2 Å². The van der Waals surface area contributed by atoms with Crippen molar-refractivity contribution in [3.8, 4) is 0 Å². The van der Waals surface area contributed by atoms with Crippen LogP contribution in [0.2, 0.25) is 0 Å². The van der Waals surface area contributed by atoms with Gasteiger partial charge in [-0.1, -0.05) is 36.5 Å². The molecule has 2 aliphatic heterocycles. The number of allylic oxidation sites excluding steroid dienone is 4. The van der Waals surface area contributed by atoms with Crippen molar-refractivity contribution >= 4 is 0 Å². The van der Waals surface area contributed by atoms with Crippen molar-refractivity contribution in [1.82, 2.24) is 10.6 Å². The first-order valence-electron chi connectivity index (χ1n) is 5.35. The van der Waals surface area contributed by atoms with Crippen molar-refractivity contribution < 1.29 is 27.3 Å². The normalized spacial score (nSPS) is 46.0. The molecule has 1 radical (unpaired) electrons. The van der Waals surface area contributed by atoms with Crippen LogP contribution in [-0.4, -0.2) is 33.7 Å². The fourth-order valence-electron chi connectivity index (χ4n) is 1.86. The standard InChI is InChI=1S/2C6H7NO.Cu/c2*8-6-4-2-1-3-5(6)7-6;/h2*1-5,7-8H;. The summed E-state index contributed by atoms with van der Waals surface area (Å²) >= 11 is 0. The molecule has 4 rings (SSSR count). The van der Waals surface area contributed by atoms with Crippen LogP contribution in [0.25, 0.3) is 0 Å². The van der Waals surface area contributed by atoms with E-state index in [0.29, 0.717) is 0 Å².